The van der Waals surface area contributed by atoms with Crippen molar-refractivity contribution in [2.24, 2.45) is 32.9 Å². The van der Waals surface area contributed by atoms with Gasteiger partial charge in [0.25, 0.3) is 0 Å². The number of aldehydes is 1. The first-order valence-electron chi connectivity index (χ1n) is 13.3. The van der Waals surface area contributed by atoms with Gasteiger partial charge in [0.2, 0.25) is 23.6 Å². The van der Waals surface area contributed by atoms with Gasteiger partial charge in [0.15, 0.2) is 11.9 Å². The molecule has 0 aromatic heterocycles. The highest BCUT2D eigenvalue weighted by molar-refractivity contribution is 5.92. The third-order valence-corrected chi connectivity index (χ3v) is 5.99. The summed E-state index contributed by atoms with van der Waals surface area (Å²) in [7, 11) is 0. The average molecular weight is 553 g/mol. The smallest absolute Gasteiger partial charge is 0.243 e. The highest BCUT2D eigenvalue weighted by atomic mass is 16.2. The maximum Gasteiger partial charge on any atom is 0.243 e. The van der Waals surface area contributed by atoms with E-state index in [0.29, 0.717) is 64.3 Å². The van der Waals surface area contributed by atoms with Crippen molar-refractivity contribution in [3.8, 4) is 0 Å². The Morgan fingerprint density at radius 3 is 2.00 bits per heavy atom. The summed E-state index contributed by atoms with van der Waals surface area (Å²) in [4.78, 5) is 70.3. The van der Waals surface area contributed by atoms with Gasteiger partial charge in [0, 0.05) is 32.5 Å². The number of rotatable bonds is 10. The Kier molecular flexibility index (Phi) is 16.3. The molecule has 0 aromatic rings. The van der Waals surface area contributed by atoms with E-state index in [1.165, 1.54) is 0 Å². The molecule has 0 aromatic carbocycles. The summed E-state index contributed by atoms with van der Waals surface area (Å²) in [5.41, 5.74) is 21.4. The highest BCUT2D eigenvalue weighted by Crippen LogP contribution is 2.08. The van der Waals surface area contributed by atoms with Crippen LogP contribution in [-0.4, -0.2) is 79.6 Å². The van der Waals surface area contributed by atoms with E-state index in [1.807, 2.05) is 0 Å². The molecule has 1 rings (SSSR count). The van der Waals surface area contributed by atoms with Crippen LogP contribution in [0, 0.1) is 0 Å². The number of nitrogens with one attached hydrogen (secondary N) is 4. The Balaban J connectivity index is 3.05. The third-order valence-electron chi connectivity index (χ3n) is 5.99. The average Bonchev–Trinajstić information content (AvgIpc) is 2.87. The fourth-order valence-electron chi connectivity index (χ4n) is 3.92. The maximum absolute atomic E-state index is 13.3. The van der Waals surface area contributed by atoms with Gasteiger partial charge in [-0.15, -0.1) is 0 Å². The minimum absolute atomic E-state index is 0.0375. The van der Waals surface area contributed by atoms with E-state index in [1.54, 1.807) is 0 Å². The summed E-state index contributed by atoms with van der Waals surface area (Å²) in [6, 6.07) is -2.66. The molecule has 1 aliphatic heterocycles. The van der Waals surface area contributed by atoms with Gasteiger partial charge in [-0.25, -0.2) is 0 Å². The number of unbranched alkanes of at least 4 members (excludes halogenated alkanes) is 1. The Hall–Kier alpha value is -3.91. The molecular formula is C24H44N10O5. The van der Waals surface area contributed by atoms with Crippen molar-refractivity contribution in [1.82, 2.24) is 21.3 Å². The first kappa shape index (κ1) is 33.1. The van der Waals surface area contributed by atoms with Gasteiger partial charge in [-0.05, 0) is 57.8 Å². The molecule has 0 unspecified atom stereocenters. The maximum atomic E-state index is 13.3. The third kappa shape index (κ3) is 15.8. The molecule has 0 bridgehead atoms. The largest absolute Gasteiger partial charge is 0.370 e. The lowest BCUT2D eigenvalue weighted by Gasteiger charge is -2.24. The Bertz CT molecular complexity index is 871. The number of carbonyl (C=O) groups excluding carboxylic acids is 5. The first-order valence-corrected chi connectivity index (χ1v) is 13.3. The fourth-order valence-corrected chi connectivity index (χ4v) is 3.92. The summed E-state index contributed by atoms with van der Waals surface area (Å²) in [5.74, 6) is -1.77. The van der Waals surface area contributed by atoms with Crippen molar-refractivity contribution in [2.75, 3.05) is 19.6 Å². The van der Waals surface area contributed by atoms with Crippen molar-refractivity contribution in [3.05, 3.63) is 0 Å². The summed E-state index contributed by atoms with van der Waals surface area (Å²) in [5, 5.41) is 10.9. The zero-order valence-electron chi connectivity index (χ0n) is 22.5. The van der Waals surface area contributed by atoms with E-state index in [0.717, 1.165) is 0 Å². The predicted octanol–water partition coefficient (Wildman–Crippen LogP) is -2.39. The predicted molar refractivity (Wildman–Crippen MR) is 147 cm³/mol. The molecule has 0 radical (unpaired) electrons. The van der Waals surface area contributed by atoms with E-state index in [2.05, 4.69) is 31.3 Å². The molecule has 12 N–H and O–H groups in total. The standard InChI is InChI=1S/C24H44N10O5/c25-23(26)30-13-4-2-8-17-22(39)34-18(9-6-14-31-24(27)28)21(38)32-16(15-35)7-1-3-12-29-19(36)10-5-11-20(37)33-17/h15-18H,1-14H2,(H,29,36)(H,32,38)(H,33,37)(H,34,39)(H4,25,26,30)(H4,27,28,31)/t16-,17-,18-/m0/s1. The summed E-state index contributed by atoms with van der Waals surface area (Å²) in [6.07, 6.45) is 4.76. The quantitative estimate of drug-likeness (QED) is 0.0621. The van der Waals surface area contributed by atoms with Crippen LogP contribution in [0.1, 0.15) is 70.6 Å². The molecule has 1 heterocycles. The zero-order valence-corrected chi connectivity index (χ0v) is 22.5. The topological polar surface area (TPSA) is 262 Å². The van der Waals surface area contributed by atoms with Crippen LogP contribution >= 0.6 is 0 Å². The monoisotopic (exact) mass is 552 g/mol. The van der Waals surface area contributed by atoms with Gasteiger partial charge < -0.3 is 49.0 Å². The van der Waals surface area contributed by atoms with Crippen LogP contribution in [0.5, 0.6) is 0 Å². The minimum Gasteiger partial charge on any atom is -0.370 e. The van der Waals surface area contributed by atoms with Crippen molar-refractivity contribution < 1.29 is 24.0 Å². The van der Waals surface area contributed by atoms with Gasteiger partial charge >= 0.3 is 0 Å². The molecule has 0 spiro atoms. The lowest BCUT2D eigenvalue weighted by atomic mass is 10.0. The fraction of sp³-hybridized carbons (Fsp3) is 0.708. The molecule has 39 heavy (non-hydrogen) atoms. The summed E-state index contributed by atoms with van der Waals surface area (Å²) >= 11 is 0. The second kappa shape index (κ2) is 19.2. The number of amides is 4. The molecular weight excluding hydrogens is 508 g/mol. The Labute approximate surface area is 228 Å². The molecule has 1 saturated heterocycles. The van der Waals surface area contributed by atoms with E-state index >= 15 is 0 Å². The van der Waals surface area contributed by atoms with Crippen LogP contribution in [-0.2, 0) is 24.0 Å². The molecule has 0 aliphatic carbocycles. The Morgan fingerprint density at radius 1 is 0.744 bits per heavy atom. The number of aliphatic imine (C=N–C) groups is 2. The van der Waals surface area contributed by atoms with Gasteiger partial charge in [0.1, 0.15) is 18.4 Å². The van der Waals surface area contributed by atoms with Crippen LogP contribution in [0.4, 0.5) is 0 Å². The molecule has 3 atom stereocenters. The highest BCUT2D eigenvalue weighted by Gasteiger charge is 2.27. The van der Waals surface area contributed by atoms with Crippen molar-refractivity contribution in [3.63, 3.8) is 0 Å². The van der Waals surface area contributed by atoms with Crippen LogP contribution in [0.3, 0.4) is 0 Å². The minimum atomic E-state index is -0.978. The van der Waals surface area contributed by atoms with Gasteiger partial charge in [-0.1, -0.05) is 0 Å². The molecule has 0 saturated carbocycles. The van der Waals surface area contributed by atoms with E-state index in [4.69, 9.17) is 22.9 Å². The number of hydrogen-bond donors (Lipinski definition) is 8. The van der Waals surface area contributed by atoms with Gasteiger partial charge in [-0.2, -0.15) is 0 Å². The normalized spacial score (nSPS) is 22.1. The van der Waals surface area contributed by atoms with E-state index < -0.39 is 29.9 Å². The number of nitrogens with zero attached hydrogens (tertiary/aromatic N) is 2. The zero-order chi connectivity index (χ0) is 29.0. The summed E-state index contributed by atoms with van der Waals surface area (Å²) in [6.45, 7) is 1.04. The molecule has 220 valence electrons. The van der Waals surface area contributed by atoms with E-state index in [9.17, 15) is 24.0 Å². The molecule has 1 fully saturated rings. The lowest BCUT2D eigenvalue weighted by molar-refractivity contribution is -0.133. The molecule has 4 amide bonds. The van der Waals surface area contributed by atoms with Gasteiger partial charge in [-0.3, -0.25) is 29.2 Å². The summed E-state index contributed by atoms with van der Waals surface area (Å²) < 4.78 is 0. The van der Waals surface area contributed by atoms with Gasteiger partial charge in [0.05, 0.1) is 6.04 Å². The van der Waals surface area contributed by atoms with E-state index in [-0.39, 0.29) is 56.0 Å². The number of nitrogens with two attached hydrogens (primary N) is 4. The van der Waals surface area contributed by atoms with Crippen LogP contribution in [0.15, 0.2) is 9.98 Å². The molecule has 1 aliphatic rings. The second-order valence-corrected chi connectivity index (χ2v) is 9.38. The second-order valence-electron chi connectivity index (χ2n) is 9.38. The van der Waals surface area contributed by atoms with Crippen molar-refractivity contribution >= 4 is 41.8 Å². The van der Waals surface area contributed by atoms with Crippen LogP contribution in [0.2, 0.25) is 0 Å². The Morgan fingerprint density at radius 2 is 1.33 bits per heavy atom. The van der Waals surface area contributed by atoms with Crippen LogP contribution in [0.25, 0.3) is 0 Å². The molecule has 15 nitrogen and oxygen atoms in total. The van der Waals surface area contributed by atoms with Crippen molar-refractivity contribution in [2.45, 2.75) is 88.8 Å². The number of hydrogen-bond acceptors (Lipinski definition) is 7. The van der Waals surface area contributed by atoms with Crippen LogP contribution < -0.4 is 44.2 Å². The number of carbonyl (C=O) groups is 5. The van der Waals surface area contributed by atoms with Crippen molar-refractivity contribution in [1.29, 1.82) is 0 Å². The SMILES string of the molecule is NC(N)=NCCCC[C@@H]1NC(=O)CCCC(=O)NCCCC[C@@H](C=O)NC(=O)[C@H](CCCN=C(N)N)NC1=O. The number of guanidine groups is 2. The lowest BCUT2D eigenvalue weighted by Crippen LogP contribution is -2.55. The first-order chi connectivity index (χ1) is 18.6. The molecule has 15 heteroatoms.